The Morgan fingerprint density at radius 3 is 2.26 bits per heavy atom. The van der Waals surface area contributed by atoms with Crippen molar-refractivity contribution in [2.75, 3.05) is 17.7 Å². The smallest absolute Gasteiger partial charge is 0.397 e. The number of anilines is 2. The number of imidazole rings is 1. The number of halogens is 6. The predicted molar refractivity (Wildman–Crippen MR) is 109 cm³/mol. The summed E-state index contributed by atoms with van der Waals surface area (Å²) < 4.78 is 81.4. The van der Waals surface area contributed by atoms with Crippen molar-refractivity contribution in [3.8, 4) is 0 Å². The molecule has 3 aromatic heterocycles. The zero-order valence-corrected chi connectivity index (χ0v) is 18.0. The van der Waals surface area contributed by atoms with E-state index in [1.54, 1.807) is 0 Å². The third kappa shape index (κ3) is 3.76. The number of aromatic nitrogens is 4. The molecule has 1 fully saturated rings. The molecule has 1 amide bonds. The Kier molecular flexibility index (Phi) is 5.18. The number of amides is 1. The SMILES string of the molecule is Cc1cc2c(nc1C(=O)N(C)c1c(N)cc(C(F)(F)F)n(C3CC3)c1=O)nc(C(F)(F)F)n2C. The lowest BCUT2D eigenvalue weighted by Crippen LogP contribution is -2.37. The highest BCUT2D eigenvalue weighted by Gasteiger charge is 2.41. The Morgan fingerprint density at radius 1 is 1.12 bits per heavy atom. The quantitative estimate of drug-likeness (QED) is 0.568. The van der Waals surface area contributed by atoms with E-state index in [1.165, 1.54) is 13.0 Å². The number of pyridine rings is 2. The molecule has 0 atom stereocenters. The van der Waals surface area contributed by atoms with Crippen LogP contribution in [0.4, 0.5) is 37.7 Å². The largest absolute Gasteiger partial charge is 0.449 e. The van der Waals surface area contributed by atoms with Crippen LogP contribution >= 0.6 is 0 Å². The Morgan fingerprint density at radius 2 is 1.74 bits per heavy atom. The van der Waals surface area contributed by atoms with Gasteiger partial charge in [-0.05, 0) is 37.5 Å². The first-order valence-corrected chi connectivity index (χ1v) is 9.94. The fourth-order valence-corrected chi connectivity index (χ4v) is 3.82. The zero-order valence-electron chi connectivity index (χ0n) is 18.0. The first-order chi connectivity index (χ1) is 15.6. The number of rotatable bonds is 3. The molecule has 14 heteroatoms. The maximum atomic E-state index is 13.5. The number of fused-ring (bicyclic) bond motifs is 1. The van der Waals surface area contributed by atoms with Gasteiger partial charge in [-0.2, -0.15) is 26.3 Å². The molecule has 0 bridgehead atoms. The molecular formula is C20H18F6N6O2. The Bertz CT molecular complexity index is 1380. The van der Waals surface area contributed by atoms with Crippen LogP contribution in [0.15, 0.2) is 16.9 Å². The molecule has 1 saturated carbocycles. The monoisotopic (exact) mass is 488 g/mol. The second-order valence-corrected chi connectivity index (χ2v) is 8.09. The summed E-state index contributed by atoms with van der Waals surface area (Å²) in [5.41, 5.74) is 1.92. The average Bonchev–Trinajstić information content (AvgIpc) is 3.49. The Balaban J connectivity index is 1.82. The van der Waals surface area contributed by atoms with Crippen molar-refractivity contribution >= 4 is 28.4 Å². The number of alkyl halides is 6. The van der Waals surface area contributed by atoms with E-state index in [4.69, 9.17) is 5.73 Å². The summed E-state index contributed by atoms with van der Waals surface area (Å²) in [6.45, 7) is 1.42. The normalized spacial score (nSPS) is 14.6. The minimum absolute atomic E-state index is 0.0224. The number of aryl methyl sites for hydroxylation is 2. The van der Waals surface area contributed by atoms with Crippen LogP contribution in [0.3, 0.4) is 0 Å². The molecule has 3 heterocycles. The average molecular weight is 488 g/mol. The van der Waals surface area contributed by atoms with Crippen molar-refractivity contribution in [1.29, 1.82) is 0 Å². The van der Waals surface area contributed by atoms with Gasteiger partial charge in [0.1, 0.15) is 17.1 Å². The fourth-order valence-electron chi connectivity index (χ4n) is 3.82. The van der Waals surface area contributed by atoms with Crippen LogP contribution in [0.5, 0.6) is 0 Å². The predicted octanol–water partition coefficient (Wildman–Crippen LogP) is 3.67. The van der Waals surface area contributed by atoms with E-state index >= 15 is 0 Å². The van der Waals surface area contributed by atoms with Gasteiger partial charge < -0.3 is 15.2 Å². The van der Waals surface area contributed by atoms with Crippen LogP contribution < -0.4 is 16.2 Å². The highest BCUT2D eigenvalue weighted by atomic mass is 19.4. The van der Waals surface area contributed by atoms with E-state index in [0.29, 0.717) is 23.5 Å². The van der Waals surface area contributed by atoms with Gasteiger partial charge >= 0.3 is 12.4 Å². The molecule has 0 aromatic carbocycles. The minimum Gasteiger partial charge on any atom is -0.397 e. The summed E-state index contributed by atoms with van der Waals surface area (Å²) in [6.07, 6.45) is -8.87. The zero-order chi connectivity index (χ0) is 25.3. The first-order valence-electron chi connectivity index (χ1n) is 9.94. The fraction of sp³-hybridized carbons (Fsp3) is 0.400. The van der Waals surface area contributed by atoms with Crippen LogP contribution in [0.2, 0.25) is 0 Å². The van der Waals surface area contributed by atoms with Gasteiger partial charge in [-0.15, -0.1) is 0 Å². The van der Waals surface area contributed by atoms with Crippen molar-refractivity contribution < 1.29 is 31.1 Å². The Labute approximate surface area is 187 Å². The third-order valence-electron chi connectivity index (χ3n) is 5.61. The molecule has 0 aliphatic heterocycles. The van der Waals surface area contributed by atoms with Crippen molar-refractivity contribution in [1.82, 2.24) is 19.1 Å². The summed E-state index contributed by atoms with van der Waals surface area (Å²) in [4.78, 5) is 34.3. The van der Waals surface area contributed by atoms with Crippen LogP contribution in [0.1, 0.15) is 46.5 Å². The number of nitrogen functional groups attached to an aromatic ring is 1. The molecule has 1 aliphatic rings. The number of carbonyl (C=O) groups is 1. The number of nitrogens with two attached hydrogens (primary N) is 1. The molecule has 182 valence electrons. The highest BCUT2D eigenvalue weighted by Crippen LogP contribution is 2.41. The van der Waals surface area contributed by atoms with Crippen molar-refractivity contribution in [2.24, 2.45) is 7.05 Å². The molecule has 1 aliphatic carbocycles. The van der Waals surface area contributed by atoms with Gasteiger partial charge in [-0.1, -0.05) is 0 Å². The van der Waals surface area contributed by atoms with Crippen LogP contribution in [-0.2, 0) is 19.4 Å². The molecular weight excluding hydrogens is 470 g/mol. The van der Waals surface area contributed by atoms with Crippen molar-refractivity contribution in [3.05, 3.63) is 45.3 Å². The maximum absolute atomic E-state index is 13.5. The molecule has 8 nitrogen and oxygen atoms in total. The van der Waals surface area contributed by atoms with E-state index in [2.05, 4.69) is 9.97 Å². The number of nitrogens with zero attached hydrogens (tertiary/aromatic N) is 5. The molecule has 34 heavy (non-hydrogen) atoms. The lowest BCUT2D eigenvalue weighted by atomic mass is 10.1. The van der Waals surface area contributed by atoms with Gasteiger partial charge in [0.2, 0.25) is 5.82 Å². The molecule has 0 radical (unpaired) electrons. The molecule has 4 rings (SSSR count). The second-order valence-electron chi connectivity index (χ2n) is 8.09. The summed E-state index contributed by atoms with van der Waals surface area (Å²) in [6, 6.07) is 1.21. The van der Waals surface area contributed by atoms with Crippen LogP contribution in [0, 0.1) is 6.92 Å². The Hall–Kier alpha value is -3.58. The van der Waals surface area contributed by atoms with E-state index in [9.17, 15) is 35.9 Å². The van der Waals surface area contributed by atoms with Gasteiger partial charge in [0.15, 0.2) is 5.65 Å². The van der Waals surface area contributed by atoms with Crippen molar-refractivity contribution in [3.63, 3.8) is 0 Å². The molecule has 0 saturated heterocycles. The first kappa shape index (κ1) is 23.6. The lowest BCUT2D eigenvalue weighted by molar-refractivity contribution is -0.146. The lowest BCUT2D eigenvalue weighted by Gasteiger charge is -2.23. The summed E-state index contributed by atoms with van der Waals surface area (Å²) in [7, 11) is 2.28. The standard InChI is InChI=1S/C20H18F6N6O2/c1-8-6-11-15(29-18(30(11)2)20(24,25)26)28-13(8)16(33)31(3)14-10(27)7-12(19(21,22)23)32(17(14)34)9-4-5-9/h6-7,9H,4-5,27H2,1-3H3. The molecule has 0 unspecified atom stereocenters. The summed E-state index contributed by atoms with van der Waals surface area (Å²) >= 11 is 0. The van der Waals surface area contributed by atoms with Crippen LogP contribution in [0.25, 0.3) is 11.2 Å². The number of hydrogen-bond donors (Lipinski definition) is 1. The summed E-state index contributed by atoms with van der Waals surface area (Å²) in [5.74, 6) is -2.16. The van der Waals surface area contributed by atoms with Crippen LogP contribution in [-0.4, -0.2) is 32.1 Å². The van der Waals surface area contributed by atoms with Gasteiger partial charge in [0.05, 0.1) is 11.2 Å². The van der Waals surface area contributed by atoms with E-state index < -0.39 is 52.8 Å². The number of hydrogen-bond acceptors (Lipinski definition) is 5. The van der Waals surface area contributed by atoms with E-state index in [-0.39, 0.29) is 22.4 Å². The van der Waals surface area contributed by atoms with Gasteiger partial charge in [0.25, 0.3) is 11.5 Å². The van der Waals surface area contributed by atoms with Gasteiger partial charge in [-0.25, -0.2) is 9.97 Å². The highest BCUT2D eigenvalue weighted by molar-refractivity contribution is 6.07. The molecule has 0 spiro atoms. The minimum atomic E-state index is -4.84. The topological polar surface area (TPSA) is 99.0 Å². The van der Waals surface area contributed by atoms with E-state index in [1.807, 2.05) is 0 Å². The van der Waals surface area contributed by atoms with Crippen molar-refractivity contribution in [2.45, 2.75) is 38.2 Å². The summed E-state index contributed by atoms with van der Waals surface area (Å²) in [5, 5.41) is 0. The van der Waals surface area contributed by atoms with Gasteiger partial charge in [-0.3, -0.25) is 14.2 Å². The van der Waals surface area contributed by atoms with Gasteiger partial charge in [0, 0.05) is 20.1 Å². The molecule has 3 aromatic rings. The third-order valence-corrected chi connectivity index (χ3v) is 5.61. The second kappa shape index (κ2) is 7.46. The number of carbonyl (C=O) groups excluding carboxylic acids is 1. The maximum Gasteiger partial charge on any atom is 0.449 e. The molecule has 2 N–H and O–H groups in total. The van der Waals surface area contributed by atoms with E-state index in [0.717, 1.165) is 23.6 Å².